The Kier molecular flexibility index (Phi) is 5.14. The summed E-state index contributed by atoms with van der Waals surface area (Å²) in [5.41, 5.74) is 2.01. The summed E-state index contributed by atoms with van der Waals surface area (Å²) in [6, 6.07) is 7.57. The first-order chi connectivity index (χ1) is 8.54. The minimum Gasteiger partial charge on any atom is -0.309 e. The smallest absolute Gasteiger partial charge is 0.0761 e. The third-order valence-electron chi connectivity index (χ3n) is 2.57. The zero-order chi connectivity index (χ0) is 13.3. The fourth-order valence-corrected chi connectivity index (χ4v) is 5.31. The molecule has 0 saturated carbocycles. The Morgan fingerprint density at radius 1 is 1.22 bits per heavy atom. The van der Waals surface area contributed by atoms with E-state index in [-0.39, 0.29) is 6.04 Å². The molecular formula is C12H9Br2Cl2NS. The summed E-state index contributed by atoms with van der Waals surface area (Å²) >= 11 is 21.2. The molecule has 0 aliphatic rings. The van der Waals surface area contributed by atoms with E-state index in [0.717, 1.165) is 18.7 Å². The van der Waals surface area contributed by atoms with Crippen LogP contribution in [0, 0.1) is 0 Å². The van der Waals surface area contributed by atoms with Gasteiger partial charge in [0.15, 0.2) is 0 Å². The number of halogens is 4. The highest BCUT2D eigenvalue weighted by Gasteiger charge is 2.22. The molecule has 96 valence electrons. The van der Waals surface area contributed by atoms with Crippen LogP contribution in [-0.2, 0) is 0 Å². The van der Waals surface area contributed by atoms with E-state index in [9.17, 15) is 0 Å². The first-order valence-corrected chi connectivity index (χ1v) is 8.26. The van der Waals surface area contributed by atoms with Crippen molar-refractivity contribution < 1.29 is 0 Å². The lowest BCUT2D eigenvalue weighted by atomic mass is 10.0. The molecule has 1 nitrogen and oxygen atoms in total. The second-order valence-corrected chi connectivity index (χ2v) is 8.20. The minimum absolute atomic E-state index is 0.0388. The molecule has 0 spiro atoms. The van der Waals surface area contributed by atoms with Gasteiger partial charge in [0.1, 0.15) is 0 Å². The normalized spacial score (nSPS) is 12.7. The quantitative estimate of drug-likeness (QED) is 0.641. The van der Waals surface area contributed by atoms with Crippen LogP contribution < -0.4 is 5.32 Å². The summed E-state index contributed by atoms with van der Waals surface area (Å²) in [6.07, 6.45) is 0. The Bertz CT molecular complexity index is 551. The van der Waals surface area contributed by atoms with Crippen molar-refractivity contribution in [2.45, 2.75) is 6.04 Å². The van der Waals surface area contributed by atoms with Gasteiger partial charge in [0.05, 0.1) is 13.6 Å². The Balaban J connectivity index is 2.55. The van der Waals surface area contributed by atoms with Gasteiger partial charge >= 0.3 is 0 Å². The number of nitrogens with one attached hydrogen (secondary N) is 1. The van der Waals surface area contributed by atoms with E-state index in [0.29, 0.717) is 10.0 Å². The van der Waals surface area contributed by atoms with Crippen molar-refractivity contribution in [2.75, 3.05) is 7.05 Å². The van der Waals surface area contributed by atoms with Crippen molar-refractivity contribution in [1.82, 2.24) is 5.32 Å². The van der Waals surface area contributed by atoms with Crippen molar-refractivity contribution in [2.24, 2.45) is 0 Å². The summed E-state index contributed by atoms with van der Waals surface area (Å²) in [7, 11) is 1.89. The van der Waals surface area contributed by atoms with Gasteiger partial charge in [-0.1, -0.05) is 29.3 Å². The summed E-state index contributed by atoms with van der Waals surface area (Å²) in [5, 5.41) is 4.58. The maximum Gasteiger partial charge on any atom is 0.0761 e. The van der Waals surface area contributed by atoms with Crippen LogP contribution in [0.15, 0.2) is 31.8 Å². The van der Waals surface area contributed by atoms with Crippen LogP contribution in [0.2, 0.25) is 10.0 Å². The number of benzene rings is 1. The molecule has 6 heteroatoms. The molecule has 1 N–H and O–H groups in total. The maximum atomic E-state index is 6.26. The average Bonchev–Trinajstić information content (AvgIpc) is 2.63. The molecular weight excluding hydrogens is 421 g/mol. The lowest BCUT2D eigenvalue weighted by molar-refractivity contribution is 0.692. The largest absolute Gasteiger partial charge is 0.309 e. The number of hydrogen-bond donors (Lipinski definition) is 1. The van der Waals surface area contributed by atoms with Gasteiger partial charge < -0.3 is 5.32 Å². The van der Waals surface area contributed by atoms with Crippen LogP contribution in [-0.4, -0.2) is 7.05 Å². The van der Waals surface area contributed by atoms with E-state index in [1.165, 1.54) is 0 Å². The van der Waals surface area contributed by atoms with E-state index >= 15 is 0 Å². The Morgan fingerprint density at radius 2 is 1.83 bits per heavy atom. The van der Waals surface area contributed by atoms with Crippen molar-refractivity contribution in [3.63, 3.8) is 0 Å². The summed E-state index contributed by atoms with van der Waals surface area (Å²) in [5.74, 6) is 0. The molecule has 0 fully saturated rings. The lowest BCUT2D eigenvalue weighted by Crippen LogP contribution is -2.18. The molecule has 0 saturated heterocycles. The highest BCUT2D eigenvalue weighted by Crippen LogP contribution is 2.41. The monoisotopic (exact) mass is 427 g/mol. The first kappa shape index (κ1) is 14.8. The number of thiophene rings is 1. The third kappa shape index (κ3) is 2.94. The molecule has 2 rings (SSSR count). The fourth-order valence-electron chi connectivity index (χ4n) is 1.79. The van der Waals surface area contributed by atoms with Gasteiger partial charge in [-0.25, -0.2) is 0 Å². The highest BCUT2D eigenvalue weighted by atomic mass is 79.9. The lowest BCUT2D eigenvalue weighted by Gasteiger charge is -2.19. The number of rotatable bonds is 3. The minimum atomic E-state index is -0.0388. The second kappa shape index (κ2) is 6.25. The summed E-state index contributed by atoms with van der Waals surface area (Å²) in [6.45, 7) is 0. The standard InChI is InChI=1S/C12H9Br2Cl2NS/c1-17-11(6-5-9(13)18-12(6)14)10-7(15)3-2-4-8(10)16/h2-5,11,17H,1H3. The second-order valence-electron chi connectivity index (χ2n) is 3.64. The zero-order valence-corrected chi connectivity index (χ0v) is 14.8. The van der Waals surface area contributed by atoms with Crippen LogP contribution in [0.3, 0.4) is 0 Å². The van der Waals surface area contributed by atoms with Crippen LogP contribution in [0.5, 0.6) is 0 Å². The van der Waals surface area contributed by atoms with Crippen molar-refractivity contribution in [1.29, 1.82) is 0 Å². The Labute approximate surface area is 137 Å². The van der Waals surface area contributed by atoms with E-state index in [1.807, 2.05) is 25.2 Å². The number of hydrogen-bond acceptors (Lipinski definition) is 2. The summed E-state index contributed by atoms with van der Waals surface area (Å²) in [4.78, 5) is 0. The van der Waals surface area contributed by atoms with Gasteiger partial charge in [-0.3, -0.25) is 0 Å². The van der Waals surface area contributed by atoms with Crippen LogP contribution in [0.25, 0.3) is 0 Å². The van der Waals surface area contributed by atoms with Gasteiger partial charge in [-0.05, 0) is 62.7 Å². The first-order valence-electron chi connectivity index (χ1n) is 5.10. The molecule has 0 bridgehead atoms. The van der Waals surface area contributed by atoms with Crippen molar-refractivity contribution >= 4 is 66.4 Å². The molecule has 0 amide bonds. The fraction of sp³-hybridized carbons (Fsp3) is 0.167. The molecule has 0 aliphatic carbocycles. The van der Waals surface area contributed by atoms with Gasteiger partial charge in [0.25, 0.3) is 0 Å². The van der Waals surface area contributed by atoms with Crippen LogP contribution >= 0.6 is 66.4 Å². The molecule has 18 heavy (non-hydrogen) atoms. The van der Waals surface area contributed by atoms with E-state index in [1.54, 1.807) is 11.3 Å². The third-order valence-corrected chi connectivity index (χ3v) is 5.62. The van der Waals surface area contributed by atoms with Gasteiger partial charge in [-0.15, -0.1) is 11.3 Å². The van der Waals surface area contributed by atoms with Crippen LogP contribution in [0.1, 0.15) is 17.2 Å². The van der Waals surface area contributed by atoms with E-state index in [4.69, 9.17) is 23.2 Å². The SMILES string of the molecule is CNC(c1cc(Br)sc1Br)c1c(Cl)cccc1Cl. The molecule has 1 aromatic heterocycles. The summed E-state index contributed by atoms with van der Waals surface area (Å²) < 4.78 is 2.12. The Hall–Kier alpha value is 0.420. The molecule has 1 aromatic carbocycles. The molecule has 0 aliphatic heterocycles. The van der Waals surface area contributed by atoms with Gasteiger partial charge in [0, 0.05) is 15.6 Å². The highest BCUT2D eigenvalue weighted by molar-refractivity contribution is 9.12. The predicted octanol–water partition coefficient (Wildman–Crippen LogP) is 5.89. The molecule has 1 unspecified atom stereocenters. The topological polar surface area (TPSA) is 12.0 Å². The molecule has 0 radical (unpaired) electrons. The maximum absolute atomic E-state index is 6.26. The van der Waals surface area contributed by atoms with Gasteiger partial charge in [-0.2, -0.15) is 0 Å². The Morgan fingerprint density at radius 3 is 2.28 bits per heavy atom. The zero-order valence-electron chi connectivity index (χ0n) is 9.31. The van der Waals surface area contributed by atoms with Crippen molar-refractivity contribution in [3.05, 3.63) is 53.0 Å². The van der Waals surface area contributed by atoms with Crippen LogP contribution in [0.4, 0.5) is 0 Å². The molecule has 1 atom stereocenters. The average molecular weight is 430 g/mol. The van der Waals surface area contributed by atoms with E-state index in [2.05, 4.69) is 43.2 Å². The predicted molar refractivity (Wildman–Crippen MR) is 87.1 cm³/mol. The van der Waals surface area contributed by atoms with E-state index < -0.39 is 0 Å². The molecule has 1 heterocycles. The molecule has 2 aromatic rings. The van der Waals surface area contributed by atoms with Gasteiger partial charge in [0.2, 0.25) is 0 Å². The van der Waals surface area contributed by atoms with Crippen molar-refractivity contribution in [3.8, 4) is 0 Å².